The summed E-state index contributed by atoms with van der Waals surface area (Å²) < 4.78 is 0. The Morgan fingerprint density at radius 3 is 2.93 bits per heavy atom. The summed E-state index contributed by atoms with van der Waals surface area (Å²) in [4.78, 5) is 11.3. The highest BCUT2D eigenvalue weighted by Gasteiger charge is 2.20. The highest BCUT2D eigenvalue weighted by molar-refractivity contribution is 6.02. The molecule has 74 valence electrons. The number of rotatable bonds is 1. The van der Waals surface area contributed by atoms with Gasteiger partial charge < -0.3 is 16.4 Å². The molecule has 2 rings (SSSR count). The maximum atomic E-state index is 11.3. The monoisotopic (exact) mass is 191 g/mol. The molecular formula is C10H13N3O. The standard InChI is InChI=1S/C10H13N3O/c1-6-10(14)13-8-3-2-7(5-11)4-9(8)12-6/h2-4,6,12H,5,11H2,1H3,(H,13,14). The minimum Gasteiger partial charge on any atom is -0.372 e. The zero-order valence-electron chi connectivity index (χ0n) is 8.00. The second kappa shape index (κ2) is 3.31. The Balaban J connectivity index is 2.37. The van der Waals surface area contributed by atoms with E-state index < -0.39 is 0 Å². The molecule has 0 radical (unpaired) electrons. The fraction of sp³-hybridized carbons (Fsp3) is 0.300. The summed E-state index contributed by atoms with van der Waals surface area (Å²) in [5, 5.41) is 5.94. The highest BCUT2D eigenvalue weighted by Crippen LogP contribution is 2.27. The van der Waals surface area contributed by atoms with Crippen LogP contribution in [0.1, 0.15) is 12.5 Å². The Kier molecular flexibility index (Phi) is 2.13. The third-order valence-electron chi connectivity index (χ3n) is 2.34. The van der Waals surface area contributed by atoms with Gasteiger partial charge in [0.1, 0.15) is 6.04 Å². The second-order valence-corrected chi connectivity index (χ2v) is 3.44. The van der Waals surface area contributed by atoms with Gasteiger partial charge in [-0.2, -0.15) is 0 Å². The summed E-state index contributed by atoms with van der Waals surface area (Å²) >= 11 is 0. The zero-order chi connectivity index (χ0) is 10.1. The molecule has 4 heteroatoms. The molecule has 0 spiro atoms. The third-order valence-corrected chi connectivity index (χ3v) is 2.34. The predicted octanol–water partition coefficient (Wildman–Crippen LogP) is 0.898. The molecule has 1 unspecified atom stereocenters. The molecular weight excluding hydrogens is 178 g/mol. The van der Waals surface area contributed by atoms with Crippen molar-refractivity contribution in [3.63, 3.8) is 0 Å². The Bertz CT molecular complexity index is 376. The van der Waals surface area contributed by atoms with Gasteiger partial charge in [-0.15, -0.1) is 0 Å². The number of carbonyl (C=O) groups is 1. The van der Waals surface area contributed by atoms with Crippen LogP contribution >= 0.6 is 0 Å². The predicted molar refractivity (Wildman–Crippen MR) is 56.0 cm³/mol. The molecule has 1 aromatic carbocycles. The summed E-state index contributed by atoms with van der Waals surface area (Å²) in [5.41, 5.74) is 8.35. The molecule has 1 aromatic rings. The molecule has 1 atom stereocenters. The highest BCUT2D eigenvalue weighted by atomic mass is 16.2. The van der Waals surface area contributed by atoms with Crippen LogP contribution in [0.4, 0.5) is 11.4 Å². The van der Waals surface area contributed by atoms with Crippen molar-refractivity contribution in [3.8, 4) is 0 Å². The lowest BCUT2D eigenvalue weighted by atomic mass is 10.1. The molecule has 0 saturated heterocycles. The summed E-state index contributed by atoms with van der Waals surface area (Å²) in [5.74, 6) is -0.00185. The number of fused-ring (bicyclic) bond motifs is 1. The van der Waals surface area contributed by atoms with Crippen molar-refractivity contribution in [2.24, 2.45) is 5.73 Å². The van der Waals surface area contributed by atoms with Crippen molar-refractivity contribution in [3.05, 3.63) is 23.8 Å². The average Bonchev–Trinajstić information content (AvgIpc) is 2.19. The Hall–Kier alpha value is -1.55. The smallest absolute Gasteiger partial charge is 0.246 e. The van der Waals surface area contributed by atoms with Crippen molar-refractivity contribution >= 4 is 17.3 Å². The lowest BCUT2D eigenvalue weighted by Crippen LogP contribution is -2.36. The van der Waals surface area contributed by atoms with E-state index in [1.807, 2.05) is 25.1 Å². The first kappa shape index (κ1) is 9.02. The van der Waals surface area contributed by atoms with Gasteiger partial charge in [0.25, 0.3) is 0 Å². The SMILES string of the molecule is CC1Nc2cc(CN)ccc2NC1=O. The molecule has 14 heavy (non-hydrogen) atoms. The van der Waals surface area contributed by atoms with Crippen molar-refractivity contribution in [1.82, 2.24) is 0 Å². The molecule has 4 nitrogen and oxygen atoms in total. The number of hydrogen-bond acceptors (Lipinski definition) is 3. The van der Waals surface area contributed by atoms with Crippen molar-refractivity contribution in [1.29, 1.82) is 0 Å². The van der Waals surface area contributed by atoms with Gasteiger partial charge in [-0.1, -0.05) is 6.07 Å². The van der Waals surface area contributed by atoms with Gasteiger partial charge in [-0.05, 0) is 24.6 Å². The van der Waals surface area contributed by atoms with Gasteiger partial charge in [0, 0.05) is 6.54 Å². The quantitative estimate of drug-likeness (QED) is 0.617. The summed E-state index contributed by atoms with van der Waals surface area (Å²) in [6.07, 6.45) is 0. The molecule has 4 N–H and O–H groups in total. The summed E-state index contributed by atoms with van der Waals surface area (Å²) in [6, 6.07) is 5.56. The van der Waals surface area contributed by atoms with Crippen LogP contribution in [0, 0.1) is 0 Å². The molecule has 0 fully saturated rings. The van der Waals surface area contributed by atoms with E-state index >= 15 is 0 Å². The first-order valence-corrected chi connectivity index (χ1v) is 4.61. The van der Waals surface area contributed by atoms with E-state index in [9.17, 15) is 4.79 Å². The van der Waals surface area contributed by atoms with Gasteiger partial charge in [0.05, 0.1) is 11.4 Å². The Labute approximate surface area is 82.5 Å². The average molecular weight is 191 g/mol. The van der Waals surface area contributed by atoms with E-state index in [4.69, 9.17) is 5.73 Å². The third kappa shape index (κ3) is 1.44. The summed E-state index contributed by atoms with van der Waals surface area (Å²) in [6.45, 7) is 2.34. The number of anilines is 2. The fourth-order valence-electron chi connectivity index (χ4n) is 1.49. The molecule has 1 aliphatic rings. The van der Waals surface area contributed by atoms with Crippen LogP contribution in [-0.4, -0.2) is 11.9 Å². The molecule has 0 bridgehead atoms. The first-order chi connectivity index (χ1) is 6.70. The van der Waals surface area contributed by atoms with Gasteiger partial charge in [-0.25, -0.2) is 0 Å². The second-order valence-electron chi connectivity index (χ2n) is 3.44. The minimum atomic E-state index is -0.185. The van der Waals surface area contributed by atoms with Crippen LogP contribution in [0.3, 0.4) is 0 Å². The van der Waals surface area contributed by atoms with Gasteiger partial charge in [-0.3, -0.25) is 4.79 Å². The minimum absolute atomic E-state index is 0.00185. The Morgan fingerprint density at radius 1 is 1.43 bits per heavy atom. The van der Waals surface area contributed by atoms with E-state index in [0.29, 0.717) is 6.54 Å². The molecule has 0 saturated carbocycles. The molecule has 1 amide bonds. The van der Waals surface area contributed by atoms with Gasteiger partial charge in [0.15, 0.2) is 0 Å². The number of nitrogens with two attached hydrogens (primary N) is 1. The fourth-order valence-corrected chi connectivity index (χ4v) is 1.49. The largest absolute Gasteiger partial charge is 0.372 e. The van der Waals surface area contributed by atoms with Gasteiger partial charge >= 0.3 is 0 Å². The Morgan fingerprint density at radius 2 is 2.21 bits per heavy atom. The van der Waals surface area contributed by atoms with Crippen LogP contribution in [-0.2, 0) is 11.3 Å². The van der Waals surface area contributed by atoms with Crippen molar-refractivity contribution in [2.45, 2.75) is 19.5 Å². The maximum absolute atomic E-state index is 11.3. The van der Waals surface area contributed by atoms with E-state index in [1.54, 1.807) is 0 Å². The number of hydrogen-bond donors (Lipinski definition) is 3. The topological polar surface area (TPSA) is 67.2 Å². The van der Waals surface area contributed by atoms with E-state index in [-0.39, 0.29) is 11.9 Å². The van der Waals surface area contributed by atoms with Crippen LogP contribution in [0.25, 0.3) is 0 Å². The molecule has 1 heterocycles. The van der Waals surface area contributed by atoms with Crippen molar-refractivity contribution in [2.75, 3.05) is 10.6 Å². The zero-order valence-corrected chi connectivity index (χ0v) is 8.00. The normalized spacial score (nSPS) is 19.6. The first-order valence-electron chi connectivity index (χ1n) is 4.61. The van der Waals surface area contributed by atoms with E-state index in [1.165, 1.54) is 0 Å². The molecule has 0 aliphatic carbocycles. The number of carbonyl (C=O) groups excluding carboxylic acids is 1. The van der Waals surface area contributed by atoms with Crippen LogP contribution in [0.5, 0.6) is 0 Å². The van der Waals surface area contributed by atoms with E-state index in [0.717, 1.165) is 16.9 Å². The van der Waals surface area contributed by atoms with Crippen LogP contribution in [0.2, 0.25) is 0 Å². The molecule has 1 aliphatic heterocycles. The lowest BCUT2D eigenvalue weighted by molar-refractivity contribution is -0.116. The number of benzene rings is 1. The molecule has 0 aromatic heterocycles. The maximum Gasteiger partial charge on any atom is 0.246 e. The van der Waals surface area contributed by atoms with E-state index in [2.05, 4.69) is 10.6 Å². The van der Waals surface area contributed by atoms with Gasteiger partial charge in [0.2, 0.25) is 5.91 Å². The number of amides is 1. The summed E-state index contributed by atoms with van der Waals surface area (Å²) in [7, 11) is 0. The van der Waals surface area contributed by atoms with Crippen molar-refractivity contribution < 1.29 is 4.79 Å². The lowest BCUT2D eigenvalue weighted by Gasteiger charge is -2.24. The number of nitrogens with one attached hydrogen (secondary N) is 2. The van der Waals surface area contributed by atoms with Crippen LogP contribution in [0.15, 0.2) is 18.2 Å². The van der Waals surface area contributed by atoms with Crippen LogP contribution < -0.4 is 16.4 Å².